The molecule has 3 rings (SSSR count). The molecule has 2 aliphatic rings. The molecule has 2 aliphatic heterocycles. The topological polar surface area (TPSA) is 67.4 Å². The van der Waals surface area contributed by atoms with E-state index in [4.69, 9.17) is 4.74 Å². The van der Waals surface area contributed by atoms with Crippen LogP contribution in [0.3, 0.4) is 0 Å². The molecule has 2 N–H and O–H groups in total. The fourth-order valence-electron chi connectivity index (χ4n) is 3.25. The molecule has 0 aliphatic carbocycles. The molecule has 1 aromatic carbocycles. The zero-order chi connectivity index (χ0) is 14.8. The third-order valence-corrected chi connectivity index (χ3v) is 4.30. The second-order valence-electron chi connectivity index (χ2n) is 5.68. The number of rotatable bonds is 4. The smallest absolute Gasteiger partial charge is 0.338 e. The quantitative estimate of drug-likeness (QED) is 0.831. The number of esters is 1. The maximum atomic E-state index is 12.3. The first-order valence-electron chi connectivity index (χ1n) is 7.51. The van der Waals surface area contributed by atoms with Crippen LogP contribution < -0.4 is 10.6 Å². The Morgan fingerprint density at radius 3 is 2.62 bits per heavy atom. The van der Waals surface area contributed by atoms with E-state index in [1.807, 2.05) is 0 Å². The number of amides is 1. The van der Waals surface area contributed by atoms with Gasteiger partial charge < -0.3 is 15.4 Å². The second kappa shape index (κ2) is 5.85. The highest BCUT2D eigenvalue weighted by Gasteiger charge is 2.42. The molecule has 112 valence electrons. The third-order valence-electron chi connectivity index (χ3n) is 4.30. The SMILES string of the molecule is CCOC(=O)c1ccc(NC(=O)C2CC3CCC2N3)cc1. The monoisotopic (exact) mass is 288 g/mol. The minimum absolute atomic E-state index is 0.0634. The summed E-state index contributed by atoms with van der Waals surface area (Å²) < 4.78 is 4.93. The first-order valence-corrected chi connectivity index (χ1v) is 7.51. The number of nitrogens with one attached hydrogen (secondary N) is 2. The molecular formula is C16H20N2O3. The lowest BCUT2D eigenvalue weighted by Gasteiger charge is -2.19. The molecule has 2 fully saturated rings. The Morgan fingerprint density at radius 1 is 1.29 bits per heavy atom. The van der Waals surface area contributed by atoms with Crippen LogP contribution in [0.1, 0.15) is 36.5 Å². The van der Waals surface area contributed by atoms with Gasteiger partial charge in [-0.1, -0.05) is 0 Å². The van der Waals surface area contributed by atoms with E-state index in [-0.39, 0.29) is 17.8 Å². The van der Waals surface area contributed by atoms with E-state index in [2.05, 4.69) is 10.6 Å². The van der Waals surface area contributed by atoms with Gasteiger partial charge in [0, 0.05) is 17.8 Å². The Bertz CT molecular complexity index is 541. The highest BCUT2D eigenvalue weighted by Crippen LogP contribution is 2.33. The van der Waals surface area contributed by atoms with Crippen molar-refractivity contribution in [2.24, 2.45) is 5.92 Å². The Hall–Kier alpha value is -1.88. The number of hydrogen-bond donors (Lipinski definition) is 2. The predicted octanol–water partition coefficient (Wildman–Crippen LogP) is 1.94. The molecule has 2 saturated heterocycles. The molecule has 2 bridgehead atoms. The average Bonchev–Trinajstić information content (AvgIpc) is 3.11. The average molecular weight is 288 g/mol. The summed E-state index contributed by atoms with van der Waals surface area (Å²) in [6, 6.07) is 7.67. The maximum Gasteiger partial charge on any atom is 0.338 e. The fraction of sp³-hybridized carbons (Fsp3) is 0.500. The third kappa shape index (κ3) is 2.93. The number of carbonyl (C=O) groups excluding carboxylic acids is 2. The van der Waals surface area contributed by atoms with Gasteiger partial charge in [0.15, 0.2) is 0 Å². The minimum atomic E-state index is -0.340. The molecule has 0 saturated carbocycles. The van der Waals surface area contributed by atoms with Crippen molar-refractivity contribution in [1.82, 2.24) is 5.32 Å². The van der Waals surface area contributed by atoms with Crippen molar-refractivity contribution in [3.05, 3.63) is 29.8 Å². The normalized spacial score (nSPS) is 26.6. The number of benzene rings is 1. The summed E-state index contributed by atoms with van der Waals surface area (Å²) in [6.45, 7) is 2.13. The summed E-state index contributed by atoms with van der Waals surface area (Å²) in [5, 5.41) is 6.40. The molecule has 1 amide bonds. The Kier molecular flexibility index (Phi) is 3.92. The highest BCUT2D eigenvalue weighted by molar-refractivity contribution is 5.94. The predicted molar refractivity (Wildman–Crippen MR) is 79.1 cm³/mol. The highest BCUT2D eigenvalue weighted by atomic mass is 16.5. The van der Waals surface area contributed by atoms with Crippen molar-refractivity contribution < 1.29 is 14.3 Å². The van der Waals surface area contributed by atoms with Gasteiger partial charge in [0.2, 0.25) is 5.91 Å². The largest absolute Gasteiger partial charge is 0.462 e. The van der Waals surface area contributed by atoms with Gasteiger partial charge in [-0.2, -0.15) is 0 Å². The fourth-order valence-corrected chi connectivity index (χ4v) is 3.25. The van der Waals surface area contributed by atoms with Gasteiger partial charge in [-0.3, -0.25) is 4.79 Å². The van der Waals surface area contributed by atoms with Crippen molar-refractivity contribution in [3.63, 3.8) is 0 Å². The molecular weight excluding hydrogens is 268 g/mol. The summed E-state index contributed by atoms with van der Waals surface area (Å²) in [5.74, 6) is -0.209. The van der Waals surface area contributed by atoms with Crippen LogP contribution in [0.5, 0.6) is 0 Å². The molecule has 0 spiro atoms. The van der Waals surface area contributed by atoms with Crippen molar-refractivity contribution in [2.75, 3.05) is 11.9 Å². The Balaban J connectivity index is 1.60. The number of ether oxygens (including phenoxy) is 1. The van der Waals surface area contributed by atoms with E-state index >= 15 is 0 Å². The van der Waals surface area contributed by atoms with Gasteiger partial charge in [-0.05, 0) is 50.5 Å². The van der Waals surface area contributed by atoms with Crippen LogP contribution in [0.4, 0.5) is 5.69 Å². The Morgan fingerprint density at radius 2 is 2.05 bits per heavy atom. The minimum Gasteiger partial charge on any atom is -0.462 e. The maximum absolute atomic E-state index is 12.3. The molecule has 5 nitrogen and oxygen atoms in total. The Labute approximate surface area is 124 Å². The van der Waals surface area contributed by atoms with E-state index in [9.17, 15) is 9.59 Å². The van der Waals surface area contributed by atoms with Crippen molar-refractivity contribution in [1.29, 1.82) is 0 Å². The molecule has 5 heteroatoms. The molecule has 3 atom stereocenters. The lowest BCUT2D eigenvalue weighted by Crippen LogP contribution is -2.32. The van der Waals surface area contributed by atoms with Gasteiger partial charge in [0.1, 0.15) is 0 Å². The van der Waals surface area contributed by atoms with Crippen LogP contribution in [0.25, 0.3) is 0 Å². The zero-order valence-corrected chi connectivity index (χ0v) is 12.1. The molecule has 0 aromatic heterocycles. The molecule has 21 heavy (non-hydrogen) atoms. The van der Waals surface area contributed by atoms with E-state index < -0.39 is 0 Å². The first kappa shape index (κ1) is 14.1. The van der Waals surface area contributed by atoms with Crippen molar-refractivity contribution in [3.8, 4) is 0 Å². The standard InChI is InChI=1S/C16H20N2O3/c1-2-21-16(20)10-3-5-11(6-4-10)18-15(19)13-9-12-7-8-14(13)17-12/h3-6,12-14,17H,2,7-9H2,1H3,(H,18,19). The van der Waals surface area contributed by atoms with E-state index in [0.717, 1.165) is 18.5 Å². The van der Waals surface area contributed by atoms with E-state index in [1.165, 1.54) is 6.42 Å². The van der Waals surface area contributed by atoms with Crippen LogP contribution in [0.15, 0.2) is 24.3 Å². The van der Waals surface area contributed by atoms with Gasteiger partial charge in [-0.15, -0.1) is 0 Å². The lowest BCUT2D eigenvalue weighted by atomic mass is 9.88. The second-order valence-corrected chi connectivity index (χ2v) is 5.68. The first-order chi connectivity index (χ1) is 10.2. The van der Waals surface area contributed by atoms with Gasteiger partial charge in [0.25, 0.3) is 0 Å². The molecule has 2 heterocycles. The van der Waals surface area contributed by atoms with E-state index in [0.29, 0.717) is 24.3 Å². The van der Waals surface area contributed by atoms with Crippen LogP contribution in [0.2, 0.25) is 0 Å². The zero-order valence-electron chi connectivity index (χ0n) is 12.1. The van der Waals surface area contributed by atoms with Crippen LogP contribution in [0, 0.1) is 5.92 Å². The molecule has 1 aromatic rings. The van der Waals surface area contributed by atoms with Crippen LogP contribution in [-0.2, 0) is 9.53 Å². The lowest BCUT2D eigenvalue weighted by molar-refractivity contribution is -0.120. The van der Waals surface area contributed by atoms with Crippen molar-refractivity contribution >= 4 is 17.6 Å². The summed E-state index contributed by atoms with van der Waals surface area (Å²) in [7, 11) is 0. The number of hydrogen-bond acceptors (Lipinski definition) is 4. The number of anilines is 1. The summed E-state index contributed by atoms with van der Waals surface area (Å²) in [4.78, 5) is 23.8. The number of fused-ring (bicyclic) bond motifs is 2. The molecule has 3 unspecified atom stereocenters. The summed E-state index contributed by atoms with van der Waals surface area (Å²) in [6.07, 6.45) is 3.20. The summed E-state index contributed by atoms with van der Waals surface area (Å²) >= 11 is 0. The van der Waals surface area contributed by atoms with Gasteiger partial charge in [-0.25, -0.2) is 4.79 Å². The van der Waals surface area contributed by atoms with Crippen LogP contribution in [-0.4, -0.2) is 30.6 Å². The van der Waals surface area contributed by atoms with E-state index in [1.54, 1.807) is 31.2 Å². The van der Waals surface area contributed by atoms with Crippen molar-refractivity contribution in [2.45, 2.75) is 38.3 Å². The molecule has 0 radical (unpaired) electrons. The van der Waals surface area contributed by atoms with Gasteiger partial charge in [0.05, 0.1) is 18.1 Å². The van der Waals surface area contributed by atoms with Gasteiger partial charge >= 0.3 is 5.97 Å². The van der Waals surface area contributed by atoms with Crippen LogP contribution >= 0.6 is 0 Å². The summed E-state index contributed by atoms with van der Waals surface area (Å²) in [5.41, 5.74) is 1.22. The number of carbonyl (C=O) groups is 2.